The number of rotatable bonds is 2. The zero-order chi connectivity index (χ0) is 11.5. The maximum atomic E-state index is 11.3. The summed E-state index contributed by atoms with van der Waals surface area (Å²) >= 11 is 5.76. The van der Waals surface area contributed by atoms with Crippen LogP contribution in [-0.2, 0) is 4.79 Å². The van der Waals surface area contributed by atoms with Gasteiger partial charge in [-0.3, -0.25) is 4.79 Å². The SMILES string of the molecule is NC(=O)C1CNCCN1c1ccc(Cl)cn1. The summed E-state index contributed by atoms with van der Waals surface area (Å²) in [6, 6.07) is 3.20. The Kier molecular flexibility index (Phi) is 3.26. The topological polar surface area (TPSA) is 71.2 Å². The molecule has 1 aromatic heterocycles. The molecule has 1 saturated heterocycles. The van der Waals surface area contributed by atoms with Gasteiger partial charge in [0.15, 0.2) is 0 Å². The second-order valence-electron chi connectivity index (χ2n) is 3.65. The number of anilines is 1. The number of carbonyl (C=O) groups is 1. The van der Waals surface area contributed by atoms with Gasteiger partial charge in [0.2, 0.25) is 5.91 Å². The lowest BCUT2D eigenvalue weighted by molar-refractivity contribution is -0.119. The molecule has 0 radical (unpaired) electrons. The third-order valence-electron chi connectivity index (χ3n) is 2.58. The fourth-order valence-electron chi connectivity index (χ4n) is 1.77. The first-order valence-electron chi connectivity index (χ1n) is 5.07. The average molecular weight is 241 g/mol. The molecule has 1 fully saturated rings. The van der Waals surface area contributed by atoms with Crippen LogP contribution in [-0.4, -0.2) is 36.6 Å². The Morgan fingerprint density at radius 1 is 1.62 bits per heavy atom. The van der Waals surface area contributed by atoms with E-state index in [4.69, 9.17) is 17.3 Å². The maximum Gasteiger partial charge on any atom is 0.241 e. The van der Waals surface area contributed by atoms with Gasteiger partial charge in [-0.15, -0.1) is 0 Å². The van der Waals surface area contributed by atoms with E-state index in [0.29, 0.717) is 18.1 Å². The maximum absolute atomic E-state index is 11.3. The zero-order valence-corrected chi connectivity index (χ0v) is 9.44. The minimum absolute atomic E-state index is 0.344. The van der Waals surface area contributed by atoms with Crippen LogP contribution < -0.4 is 16.0 Å². The molecular weight excluding hydrogens is 228 g/mol. The van der Waals surface area contributed by atoms with Gasteiger partial charge in [-0.25, -0.2) is 4.98 Å². The highest BCUT2D eigenvalue weighted by Crippen LogP contribution is 2.17. The number of piperazine rings is 1. The summed E-state index contributed by atoms with van der Waals surface area (Å²) in [7, 11) is 0. The Labute approximate surface area is 98.6 Å². The van der Waals surface area contributed by atoms with Gasteiger partial charge in [0.05, 0.1) is 5.02 Å². The van der Waals surface area contributed by atoms with Crippen molar-refractivity contribution in [3.8, 4) is 0 Å². The van der Waals surface area contributed by atoms with Crippen molar-refractivity contribution < 1.29 is 4.79 Å². The third kappa shape index (κ3) is 2.25. The number of nitrogens with one attached hydrogen (secondary N) is 1. The molecule has 1 aliphatic rings. The summed E-state index contributed by atoms with van der Waals surface area (Å²) in [5, 5.41) is 3.71. The first-order valence-corrected chi connectivity index (χ1v) is 5.44. The summed E-state index contributed by atoms with van der Waals surface area (Å²) in [6.07, 6.45) is 1.57. The molecule has 0 aliphatic carbocycles. The van der Waals surface area contributed by atoms with Crippen LogP contribution in [0, 0.1) is 0 Å². The quantitative estimate of drug-likeness (QED) is 0.763. The first kappa shape index (κ1) is 11.2. The van der Waals surface area contributed by atoms with Crippen LogP contribution in [0.1, 0.15) is 0 Å². The van der Waals surface area contributed by atoms with Gasteiger partial charge < -0.3 is 16.0 Å². The van der Waals surface area contributed by atoms with Gasteiger partial charge >= 0.3 is 0 Å². The normalized spacial score (nSPS) is 20.8. The molecule has 2 heterocycles. The Bertz CT molecular complexity index is 381. The molecule has 1 amide bonds. The molecule has 5 nitrogen and oxygen atoms in total. The Morgan fingerprint density at radius 3 is 3.06 bits per heavy atom. The van der Waals surface area contributed by atoms with E-state index in [2.05, 4.69) is 10.3 Å². The van der Waals surface area contributed by atoms with Gasteiger partial charge in [-0.1, -0.05) is 11.6 Å². The van der Waals surface area contributed by atoms with Crippen LogP contribution in [0.5, 0.6) is 0 Å². The molecule has 16 heavy (non-hydrogen) atoms. The summed E-state index contributed by atoms with van der Waals surface area (Å²) in [6.45, 7) is 2.08. The van der Waals surface area contributed by atoms with Crippen LogP contribution in [0.15, 0.2) is 18.3 Å². The molecule has 1 atom stereocenters. The van der Waals surface area contributed by atoms with Crippen molar-refractivity contribution in [3.63, 3.8) is 0 Å². The van der Waals surface area contributed by atoms with Crippen LogP contribution in [0.4, 0.5) is 5.82 Å². The molecule has 1 aliphatic heterocycles. The molecule has 0 spiro atoms. The predicted octanol–water partition coefficient (Wildman–Crippen LogP) is -0.00150. The van der Waals surface area contributed by atoms with Gasteiger partial charge in [0, 0.05) is 25.8 Å². The van der Waals surface area contributed by atoms with Gasteiger partial charge in [0.1, 0.15) is 11.9 Å². The first-order chi connectivity index (χ1) is 7.68. The number of halogens is 1. The van der Waals surface area contributed by atoms with E-state index in [1.807, 2.05) is 4.90 Å². The lowest BCUT2D eigenvalue weighted by Crippen LogP contribution is -2.57. The smallest absolute Gasteiger partial charge is 0.241 e. The average Bonchev–Trinajstić information content (AvgIpc) is 2.30. The van der Waals surface area contributed by atoms with Crippen molar-refractivity contribution in [2.45, 2.75) is 6.04 Å². The zero-order valence-electron chi connectivity index (χ0n) is 8.69. The highest BCUT2D eigenvalue weighted by atomic mass is 35.5. The van der Waals surface area contributed by atoms with Crippen molar-refractivity contribution in [1.29, 1.82) is 0 Å². The van der Waals surface area contributed by atoms with E-state index in [1.54, 1.807) is 18.3 Å². The van der Waals surface area contributed by atoms with E-state index < -0.39 is 0 Å². The minimum atomic E-state index is -0.345. The Morgan fingerprint density at radius 2 is 2.44 bits per heavy atom. The van der Waals surface area contributed by atoms with Crippen LogP contribution >= 0.6 is 11.6 Å². The van der Waals surface area contributed by atoms with E-state index in [9.17, 15) is 4.79 Å². The van der Waals surface area contributed by atoms with Gasteiger partial charge in [-0.05, 0) is 12.1 Å². The van der Waals surface area contributed by atoms with Gasteiger partial charge in [-0.2, -0.15) is 0 Å². The molecule has 86 valence electrons. The summed E-state index contributed by atoms with van der Waals surface area (Å²) in [5.74, 6) is 0.388. The summed E-state index contributed by atoms with van der Waals surface area (Å²) < 4.78 is 0. The standard InChI is InChI=1S/C10H13ClN4O/c11-7-1-2-9(14-5-7)15-4-3-13-6-8(15)10(12)16/h1-2,5,8,13H,3-4,6H2,(H2,12,16). The number of carbonyl (C=O) groups excluding carboxylic acids is 1. The second-order valence-corrected chi connectivity index (χ2v) is 4.09. The number of nitrogens with two attached hydrogens (primary N) is 1. The number of nitrogens with zero attached hydrogens (tertiary/aromatic N) is 2. The lowest BCUT2D eigenvalue weighted by Gasteiger charge is -2.35. The molecule has 2 rings (SSSR count). The largest absolute Gasteiger partial charge is 0.368 e. The molecule has 0 saturated carbocycles. The van der Waals surface area contributed by atoms with Crippen LogP contribution in [0.3, 0.4) is 0 Å². The number of hydrogen-bond donors (Lipinski definition) is 2. The van der Waals surface area contributed by atoms with Crippen molar-refractivity contribution in [2.75, 3.05) is 24.5 Å². The summed E-state index contributed by atoms with van der Waals surface area (Å²) in [5.41, 5.74) is 5.35. The Hall–Kier alpha value is -1.33. The fourth-order valence-corrected chi connectivity index (χ4v) is 1.88. The van der Waals surface area contributed by atoms with E-state index >= 15 is 0 Å². The third-order valence-corrected chi connectivity index (χ3v) is 2.80. The van der Waals surface area contributed by atoms with Crippen molar-refractivity contribution in [1.82, 2.24) is 10.3 Å². The molecule has 3 N–H and O–H groups in total. The predicted molar refractivity (Wildman–Crippen MR) is 62.4 cm³/mol. The van der Waals surface area contributed by atoms with Crippen LogP contribution in [0.25, 0.3) is 0 Å². The molecular formula is C10H13ClN4O. The highest BCUT2D eigenvalue weighted by molar-refractivity contribution is 6.30. The number of pyridine rings is 1. The van der Waals surface area contributed by atoms with E-state index in [-0.39, 0.29) is 11.9 Å². The molecule has 0 aromatic carbocycles. The van der Waals surface area contributed by atoms with Crippen molar-refractivity contribution in [2.24, 2.45) is 5.73 Å². The minimum Gasteiger partial charge on any atom is -0.368 e. The molecule has 0 bridgehead atoms. The number of primary amides is 1. The molecule has 1 unspecified atom stereocenters. The second kappa shape index (κ2) is 4.67. The number of amides is 1. The molecule has 1 aromatic rings. The lowest BCUT2D eigenvalue weighted by atomic mass is 10.2. The highest BCUT2D eigenvalue weighted by Gasteiger charge is 2.27. The van der Waals surface area contributed by atoms with Gasteiger partial charge in [0.25, 0.3) is 0 Å². The number of aromatic nitrogens is 1. The van der Waals surface area contributed by atoms with Crippen LogP contribution in [0.2, 0.25) is 5.02 Å². The van der Waals surface area contributed by atoms with E-state index in [0.717, 1.165) is 12.4 Å². The van der Waals surface area contributed by atoms with E-state index in [1.165, 1.54) is 0 Å². The Balaban J connectivity index is 2.23. The number of hydrogen-bond acceptors (Lipinski definition) is 4. The fraction of sp³-hybridized carbons (Fsp3) is 0.400. The van der Waals surface area contributed by atoms with Crippen molar-refractivity contribution in [3.05, 3.63) is 23.4 Å². The monoisotopic (exact) mass is 240 g/mol. The molecule has 6 heteroatoms. The summed E-state index contributed by atoms with van der Waals surface area (Å²) in [4.78, 5) is 17.4. The van der Waals surface area contributed by atoms with Crippen molar-refractivity contribution >= 4 is 23.3 Å².